The molecule has 3 heterocycles. The average molecular weight is 492 g/mol. The van der Waals surface area contributed by atoms with E-state index in [-0.39, 0.29) is 5.92 Å². The molecule has 6 heteroatoms. The van der Waals surface area contributed by atoms with Crippen LogP contribution in [0, 0.1) is 17.8 Å². The number of halogens is 3. The van der Waals surface area contributed by atoms with Crippen LogP contribution in [0.1, 0.15) is 65.2 Å². The Balaban J connectivity index is 1.44. The maximum Gasteiger partial charge on any atom is 0.409 e. The Bertz CT molecular complexity index is 814. The van der Waals surface area contributed by atoms with Gasteiger partial charge >= 0.3 is 6.18 Å². The van der Waals surface area contributed by atoms with E-state index in [2.05, 4.69) is 34.3 Å². The van der Waals surface area contributed by atoms with E-state index in [1.165, 1.54) is 50.4 Å². The largest absolute Gasteiger partial charge is 0.409 e. The summed E-state index contributed by atoms with van der Waals surface area (Å²) >= 11 is 0. The highest BCUT2D eigenvalue weighted by atomic mass is 19.4. The molecule has 0 N–H and O–H groups in total. The lowest BCUT2D eigenvalue weighted by Crippen LogP contribution is -2.34. The van der Waals surface area contributed by atoms with E-state index in [9.17, 15) is 13.2 Å². The van der Waals surface area contributed by atoms with Crippen molar-refractivity contribution >= 4 is 0 Å². The molecule has 1 saturated carbocycles. The smallest absolute Gasteiger partial charge is 0.374 e. The molecule has 4 aliphatic rings. The number of likely N-dealkylation sites (tertiary alicyclic amines) is 3. The van der Waals surface area contributed by atoms with Crippen molar-refractivity contribution in [3.63, 3.8) is 0 Å². The molecule has 3 aliphatic heterocycles. The zero-order valence-electron chi connectivity index (χ0n) is 21.7. The van der Waals surface area contributed by atoms with Crippen molar-refractivity contribution in [2.45, 2.75) is 77.4 Å². The summed E-state index contributed by atoms with van der Waals surface area (Å²) in [6, 6.07) is 0.763. The fourth-order valence-electron chi connectivity index (χ4n) is 6.67. The van der Waals surface area contributed by atoms with Gasteiger partial charge < -0.3 is 9.80 Å². The van der Waals surface area contributed by atoms with Gasteiger partial charge in [-0.15, -0.1) is 0 Å². The highest BCUT2D eigenvalue weighted by Gasteiger charge is 2.36. The molecule has 0 amide bonds. The minimum atomic E-state index is -4.29. The molecule has 0 spiro atoms. The lowest BCUT2D eigenvalue weighted by molar-refractivity contribution is -0.0798. The fourth-order valence-corrected chi connectivity index (χ4v) is 6.67. The zero-order valence-corrected chi connectivity index (χ0v) is 21.7. The SMILES string of the molecule is C=C(C1CCN(C2CCCC2)C1)N1CCC(C(=C/C=C/C(F)(F)F)/C(=C\C)N2CCC(C)CC2)C1. The Hall–Kier alpha value is -1.69. The van der Waals surface area contributed by atoms with Gasteiger partial charge in [0.05, 0.1) is 0 Å². The number of nitrogens with zero attached hydrogens (tertiary/aromatic N) is 3. The summed E-state index contributed by atoms with van der Waals surface area (Å²) in [5.41, 5.74) is 3.42. The van der Waals surface area contributed by atoms with Gasteiger partial charge in [-0.25, -0.2) is 0 Å². The van der Waals surface area contributed by atoms with Crippen LogP contribution >= 0.6 is 0 Å². The van der Waals surface area contributed by atoms with Crippen LogP contribution in [-0.2, 0) is 0 Å². The van der Waals surface area contributed by atoms with Crippen LogP contribution in [-0.4, -0.2) is 66.2 Å². The summed E-state index contributed by atoms with van der Waals surface area (Å²) in [7, 11) is 0. The first-order valence-electron chi connectivity index (χ1n) is 13.8. The summed E-state index contributed by atoms with van der Waals surface area (Å²) in [5.74, 6) is 1.45. The van der Waals surface area contributed by atoms with Gasteiger partial charge in [-0.1, -0.05) is 44.6 Å². The molecule has 0 bridgehead atoms. The molecule has 2 atom stereocenters. The Morgan fingerprint density at radius 3 is 2.17 bits per heavy atom. The molecule has 4 fully saturated rings. The van der Waals surface area contributed by atoms with Crippen LogP contribution in [0.3, 0.4) is 0 Å². The quantitative estimate of drug-likeness (QED) is 0.364. The van der Waals surface area contributed by atoms with Crippen molar-refractivity contribution in [1.82, 2.24) is 14.7 Å². The molecule has 196 valence electrons. The normalized spacial score (nSPS) is 28.7. The summed E-state index contributed by atoms with van der Waals surface area (Å²) < 4.78 is 38.6. The Labute approximate surface area is 210 Å². The second-order valence-electron chi connectivity index (χ2n) is 11.2. The van der Waals surface area contributed by atoms with Crippen LogP contribution in [0.2, 0.25) is 0 Å². The van der Waals surface area contributed by atoms with E-state index >= 15 is 0 Å². The van der Waals surface area contributed by atoms with Crippen LogP contribution in [0.5, 0.6) is 0 Å². The number of alkyl halides is 3. The van der Waals surface area contributed by atoms with E-state index in [1.807, 2.05) is 6.92 Å². The number of piperidine rings is 1. The van der Waals surface area contributed by atoms with E-state index in [0.29, 0.717) is 17.9 Å². The maximum atomic E-state index is 12.9. The first-order valence-corrected chi connectivity index (χ1v) is 13.8. The van der Waals surface area contributed by atoms with Gasteiger partial charge in [-0.3, -0.25) is 4.90 Å². The van der Waals surface area contributed by atoms with Gasteiger partial charge in [0.2, 0.25) is 0 Å². The number of hydrogen-bond acceptors (Lipinski definition) is 3. The number of hydrogen-bond donors (Lipinski definition) is 0. The third-order valence-corrected chi connectivity index (χ3v) is 8.82. The molecule has 1 aliphatic carbocycles. The number of rotatable bonds is 7. The first kappa shape index (κ1) is 26.4. The van der Waals surface area contributed by atoms with Crippen LogP contribution in [0.25, 0.3) is 0 Å². The standard InChI is InChI=1S/C29H44F3N3/c1-4-28(33-16-11-22(2)12-17-33)27(10-7-15-29(30,31)32)25-14-18-34(21-25)23(3)24-13-19-35(20-24)26-8-5-6-9-26/h4,7,10,15,22,24-26H,3,5-6,8-9,11-14,16-21H2,1-2H3/b15-7+,27-10-,28-4+. The molecular formula is C29H44F3N3. The molecule has 3 saturated heterocycles. The monoisotopic (exact) mass is 491 g/mol. The Morgan fingerprint density at radius 1 is 0.857 bits per heavy atom. The lowest BCUT2D eigenvalue weighted by Gasteiger charge is -2.36. The van der Waals surface area contributed by atoms with Crippen LogP contribution in [0.15, 0.2) is 47.9 Å². The van der Waals surface area contributed by atoms with Gasteiger partial charge in [0.1, 0.15) is 0 Å². The highest BCUT2D eigenvalue weighted by Crippen LogP contribution is 2.37. The average Bonchev–Trinajstić information content (AvgIpc) is 3.60. The minimum absolute atomic E-state index is 0.225. The minimum Gasteiger partial charge on any atom is -0.374 e. The Kier molecular flexibility index (Phi) is 8.72. The van der Waals surface area contributed by atoms with Gasteiger partial charge in [-0.2, -0.15) is 13.2 Å². The predicted molar refractivity (Wildman–Crippen MR) is 138 cm³/mol. The molecule has 0 aromatic heterocycles. The predicted octanol–water partition coefficient (Wildman–Crippen LogP) is 6.77. The van der Waals surface area contributed by atoms with E-state index in [4.69, 9.17) is 0 Å². The third-order valence-electron chi connectivity index (χ3n) is 8.82. The van der Waals surface area contributed by atoms with Gasteiger partial charge in [0.15, 0.2) is 0 Å². The molecule has 0 aromatic rings. The van der Waals surface area contributed by atoms with Crippen LogP contribution < -0.4 is 0 Å². The second-order valence-corrected chi connectivity index (χ2v) is 11.2. The van der Waals surface area contributed by atoms with Crippen molar-refractivity contribution in [2.75, 3.05) is 39.3 Å². The molecule has 2 unspecified atom stereocenters. The molecule has 0 aromatic carbocycles. The molecule has 0 radical (unpaired) electrons. The van der Waals surface area contributed by atoms with Crippen molar-refractivity contribution in [2.24, 2.45) is 17.8 Å². The summed E-state index contributed by atoms with van der Waals surface area (Å²) in [4.78, 5) is 7.50. The van der Waals surface area contributed by atoms with Crippen molar-refractivity contribution in [3.8, 4) is 0 Å². The highest BCUT2D eigenvalue weighted by molar-refractivity contribution is 5.36. The number of allylic oxidation sites excluding steroid dienone is 5. The topological polar surface area (TPSA) is 9.72 Å². The van der Waals surface area contributed by atoms with Crippen molar-refractivity contribution in [3.05, 3.63) is 47.9 Å². The van der Waals surface area contributed by atoms with E-state index in [0.717, 1.165) is 69.3 Å². The molecular weight excluding hydrogens is 447 g/mol. The summed E-state index contributed by atoms with van der Waals surface area (Å²) in [6.45, 7) is 14.9. The lowest BCUT2D eigenvalue weighted by atomic mass is 9.91. The second kappa shape index (κ2) is 11.6. The molecule has 35 heavy (non-hydrogen) atoms. The zero-order chi connectivity index (χ0) is 25.0. The molecule has 4 rings (SSSR count). The summed E-state index contributed by atoms with van der Waals surface area (Å²) in [6.07, 6.45) is 10.9. The van der Waals surface area contributed by atoms with Crippen molar-refractivity contribution < 1.29 is 13.2 Å². The first-order chi connectivity index (χ1) is 16.7. The van der Waals surface area contributed by atoms with E-state index in [1.54, 1.807) is 6.08 Å². The van der Waals surface area contributed by atoms with E-state index < -0.39 is 6.18 Å². The third kappa shape index (κ3) is 6.75. The molecule has 3 nitrogen and oxygen atoms in total. The van der Waals surface area contributed by atoms with Crippen LogP contribution in [0.4, 0.5) is 13.2 Å². The maximum absolute atomic E-state index is 12.9. The fraction of sp³-hybridized carbons (Fsp3) is 0.724. The van der Waals surface area contributed by atoms with Gasteiger partial charge in [0.25, 0.3) is 0 Å². The Morgan fingerprint density at radius 2 is 1.51 bits per heavy atom. The van der Waals surface area contributed by atoms with Crippen molar-refractivity contribution in [1.29, 1.82) is 0 Å². The van der Waals surface area contributed by atoms with Gasteiger partial charge in [-0.05, 0) is 63.5 Å². The van der Waals surface area contributed by atoms with Gasteiger partial charge in [0, 0.05) is 68.1 Å². The summed E-state index contributed by atoms with van der Waals surface area (Å²) in [5, 5.41) is 0.